The summed E-state index contributed by atoms with van der Waals surface area (Å²) in [6, 6.07) is 4.02. The molecule has 1 N–H and O–H groups in total. The van der Waals surface area contributed by atoms with Crippen molar-refractivity contribution in [3.05, 3.63) is 18.0 Å². The van der Waals surface area contributed by atoms with Crippen LogP contribution in [0.2, 0.25) is 0 Å². The van der Waals surface area contributed by atoms with Gasteiger partial charge in [0.2, 0.25) is 0 Å². The monoisotopic (exact) mass is 192 g/mol. The maximum Gasteiger partial charge on any atom is 0.115 e. The molecular weight excluding hydrogens is 176 g/mol. The van der Waals surface area contributed by atoms with E-state index in [0.717, 1.165) is 18.7 Å². The second-order valence-corrected chi connectivity index (χ2v) is 3.29. The van der Waals surface area contributed by atoms with E-state index in [1.54, 1.807) is 6.20 Å². The quantitative estimate of drug-likeness (QED) is 0.759. The van der Waals surface area contributed by atoms with Crippen molar-refractivity contribution in [1.29, 1.82) is 5.26 Å². The number of nitrogens with one attached hydrogen (secondary N) is 1. The van der Waals surface area contributed by atoms with Crippen molar-refractivity contribution in [3.8, 4) is 6.07 Å². The lowest BCUT2D eigenvalue weighted by Gasteiger charge is -2.11. The molecule has 0 amide bonds. The highest BCUT2D eigenvalue weighted by atomic mass is 15.3. The molecule has 4 nitrogen and oxygen atoms in total. The molecule has 0 fully saturated rings. The summed E-state index contributed by atoms with van der Waals surface area (Å²) < 4.78 is 1.84. The first-order valence-electron chi connectivity index (χ1n) is 4.89. The fourth-order valence-electron chi connectivity index (χ4n) is 1.23. The van der Waals surface area contributed by atoms with Gasteiger partial charge >= 0.3 is 0 Å². The van der Waals surface area contributed by atoms with Crippen LogP contribution in [0.5, 0.6) is 0 Å². The Labute approximate surface area is 84.5 Å². The van der Waals surface area contributed by atoms with Gasteiger partial charge in [-0.15, -0.1) is 0 Å². The van der Waals surface area contributed by atoms with Gasteiger partial charge in [-0.05, 0) is 26.0 Å². The van der Waals surface area contributed by atoms with Crippen molar-refractivity contribution in [2.75, 3.05) is 6.54 Å². The standard InChI is InChI=1S/C10H16N4/c1-3-5-12-10(7-11)8-14-9(2)4-6-13-14/h4,6,10,12H,3,5,8H2,1-2H3. The van der Waals surface area contributed by atoms with Crippen LogP contribution in [0.3, 0.4) is 0 Å². The summed E-state index contributed by atoms with van der Waals surface area (Å²) in [7, 11) is 0. The molecular formula is C10H16N4. The predicted molar refractivity (Wildman–Crippen MR) is 54.7 cm³/mol. The Balaban J connectivity index is 2.49. The topological polar surface area (TPSA) is 53.6 Å². The normalized spacial score (nSPS) is 12.4. The summed E-state index contributed by atoms with van der Waals surface area (Å²) in [4.78, 5) is 0. The summed E-state index contributed by atoms with van der Waals surface area (Å²) >= 11 is 0. The van der Waals surface area contributed by atoms with Crippen molar-refractivity contribution in [3.63, 3.8) is 0 Å². The smallest absolute Gasteiger partial charge is 0.115 e. The van der Waals surface area contributed by atoms with Crippen LogP contribution in [0.1, 0.15) is 19.0 Å². The average molecular weight is 192 g/mol. The lowest BCUT2D eigenvalue weighted by atomic mass is 10.3. The molecule has 1 heterocycles. The highest BCUT2D eigenvalue weighted by molar-refractivity contribution is 4.99. The molecule has 14 heavy (non-hydrogen) atoms. The molecule has 1 unspecified atom stereocenters. The molecule has 76 valence electrons. The van der Waals surface area contributed by atoms with Gasteiger partial charge in [0.05, 0.1) is 12.6 Å². The van der Waals surface area contributed by atoms with Gasteiger partial charge in [-0.1, -0.05) is 6.92 Å². The van der Waals surface area contributed by atoms with E-state index in [0.29, 0.717) is 6.54 Å². The summed E-state index contributed by atoms with van der Waals surface area (Å²) in [5.41, 5.74) is 1.09. The van der Waals surface area contributed by atoms with E-state index in [9.17, 15) is 0 Å². The van der Waals surface area contributed by atoms with E-state index in [2.05, 4.69) is 23.4 Å². The van der Waals surface area contributed by atoms with Gasteiger partial charge in [0.1, 0.15) is 6.04 Å². The summed E-state index contributed by atoms with van der Waals surface area (Å²) in [6.45, 7) is 5.57. The third-order valence-corrected chi connectivity index (χ3v) is 2.08. The zero-order valence-corrected chi connectivity index (χ0v) is 8.70. The molecule has 1 aromatic heterocycles. The number of nitriles is 1. The second-order valence-electron chi connectivity index (χ2n) is 3.29. The van der Waals surface area contributed by atoms with Crippen molar-refractivity contribution in [1.82, 2.24) is 15.1 Å². The summed E-state index contributed by atoms with van der Waals surface area (Å²) in [5, 5.41) is 16.2. The Morgan fingerprint density at radius 3 is 3.00 bits per heavy atom. The van der Waals surface area contributed by atoms with Gasteiger partial charge in [0.25, 0.3) is 0 Å². The summed E-state index contributed by atoms with van der Waals surface area (Å²) in [5.74, 6) is 0. The number of hydrogen-bond donors (Lipinski definition) is 1. The maximum absolute atomic E-state index is 8.89. The minimum absolute atomic E-state index is 0.145. The SMILES string of the molecule is CCCNC(C#N)Cn1nccc1C. The van der Waals surface area contributed by atoms with Gasteiger partial charge < -0.3 is 5.32 Å². The van der Waals surface area contributed by atoms with Gasteiger partial charge in [0.15, 0.2) is 0 Å². The third kappa shape index (κ3) is 2.86. The molecule has 0 spiro atoms. The first-order chi connectivity index (χ1) is 6.77. The Hall–Kier alpha value is -1.34. The number of rotatable bonds is 5. The van der Waals surface area contributed by atoms with E-state index in [-0.39, 0.29) is 6.04 Å². The molecule has 0 saturated carbocycles. The maximum atomic E-state index is 8.89. The zero-order valence-electron chi connectivity index (χ0n) is 8.70. The molecule has 0 bridgehead atoms. The number of aryl methyl sites for hydroxylation is 1. The van der Waals surface area contributed by atoms with Crippen molar-refractivity contribution in [2.45, 2.75) is 32.9 Å². The van der Waals surface area contributed by atoms with Crippen molar-refractivity contribution >= 4 is 0 Å². The minimum atomic E-state index is -0.145. The Morgan fingerprint density at radius 1 is 1.71 bits per heavy atom. The molecule has 4 heteroatoms. The highest BCUT2D eigenvalue weighted by Crippen LogP contribution is 1.97. The van der Waals surface area contributed by atoms with Gasteiger partial charge in [-0.25, -0.2) is 0 Å². The molecule has 0 aliphatic rings. The van der Waals surface area contributed by atoms with E-state index < -0.39 is 0 Å². The van der Waals surface area contributed by atoms with Gasteiger partial charge in [0, 0.05) is 11.9 Å². The molecule has 0 saturated heterocycles. The second kappa shape index (κ2) is 5.40. The van der Waals surface area contributed by atoms with E-state index in [1.165, 1.54) is 0 Å². The van der Waals surface area contributed by atoms with Crippen molar-refractivity contribution in [2.24, 2.45) is 0 Å². The van der Waals surface area contributed by atoms with Crippen LogP contribution in [-0.2, 0) is 6.54 Å². The fourth-order valence-corrected chi connectivity index (χ4v) is 1.23. The molecule has 0 aromatic carbocycles. The summed E-state index contributed by atoms with van der Waals surface area (Å²) in [6.07, 6.45) is 2.79. The highest BCUT2D eigenvalue weighted by Gasteiger charge is 2.07. The van der Waals surface area contributed by atoms with Crippen LogP contribution in [0, 0.1) is 18.3 Å². The third-order valence-electron chi connectivity index (χ3n) is 2.08. The Bertz CT molecular complexity index is 310. The lowest BCUT2D eigenvalue weighted by molar-refractivity contribution is 0.484. The van der Waals surface area contributed by atoms with Gasteiger partial charge in [-0.3, -0.25) is 4.68 Å². The van der Waals surface area contributed by atoms with E-state index in [1.807, 2.05) is 17.7 Å². The first kappa shape index (κ1) is 10.7. The molecule has 0 aliphatic carbocycles. The van der Waals surface area contributed by atoms with Crippen LogP contribution in [0.15, 0.2) is 12.3 Å². The number of nitrogens with zero attached hydrogens (tertiary/aromatic N) is 3. The largest absolute Gasteiger partial charge is 0.300 e. The average Bonchev–Trinajstić information content (AvgIpc) is 2.59. The van der Waals surface area contributed by atoms with Crippen molar-refractivity contribution < 1.29 is 0 Å². The Morgan fingerprint density at radius 2 is 2.50 bits per heavy atom. The van der Waals surface area contributed by atoms with Crippen LogP contribution >= 0.6 is 0 Å². The molecule has 1 aromatic rings. The molecule has 1 atom stereocenters. The Kier molecular flexibility index (Phi) is 4.14. The minimum Gasteiger partial charge on any atom is -0.300 e. The number of aromatic nitrogens is 2. The fraction of sp³-hybridized carbons (Fsp3) is 0.600. The van der Waals surface area contributed by atoms with E-state index in [4.69, 9.17) is 5.26 Å². The number of hydrogen-bond acceptors (Lipinski definition) is 3. The predicted octanol–water partition coefficient (Wildman–Crippen LogP) is 1.08. The molecule has 0 radical (unpaired) electrons. The molecule has 1 rings (SSSR count). The lowest BCUT2D eigenvalue weighted by Crippen LogP contribution is -2.33. The van der Waals surface area contributed by atoms with Crippen LogP contribution in [-0.4, -0.2) is 22.4 Å². The van der Waals surface area contributed by atoms with Crippen LogP contribution in [0.25, 0.3) is 0 Å². The van der Waals surface area contributed by atoms with E-state index >= 15 is 0 Å². The van der Waals surface area contributed by atoms with Crippen LogP contribution in [0.4, 0.5) is 0 Å². The molecule has 0 aliphatic heterocycles. The van der Waals surface area contributed by atoms with Crippen LogP contribution < -0.4 is 5.32 Å². The van der Waals surface area contributed by atoms with Gasteiger partial charge in [-0.2, -0.15) is 10.4 Å². The zero-order chi connectivity index (χ0) is 10.4. The first-order valence-corrected chi connectivity index (χ1v) is 4.89.